The van der Waals surface area contributed by atoms with E-state index in [9.17, 15) is 0 Å². The third kappa shape index (κ3) is 3.84. The lowest BCUT2D eigenvalue weighted by Crippen LogP contribution is -2.57. The molecule has 3 aromatic rings. The molecule has 29 heavy (non-hydrogen) atoms. The summed E-state index contributed by atoms with van der Waals surface area (Å²) in [7, 11) is -2.29. The molecule has 0 radical (unpaired) electrons. The van der Waals surface area contributed by atoms with Gasteiger partial charge >= 0.3 is 0 Å². The molecule has 1 aliphatic rings. The second kappa shape index (κ2) is 8.69. The van der Waals surface area contributed by atoms with E-state index in [1.807, 2.05) is 0 Å². The van der Waals surface area contributed by atoms with Gasteiger partial charge in [0.1, 0.15) is 0 Å². The molecule has 0 bridgehead atoms. The predicted molar refractivity (Wildman–Crippen MR) is 125 cm³/mol. The summed E-state index contributed by atoms with van der Waals surface area (Å²) in [6.07, 6.45) is 6.73. The van der Waals surface area contributed by atoms with Crippen LogP contribution in [0.1, 0.15) is 48.8 Å². The topological polar surface area (TPSA) is 9.23 Å². The molecule has 0 spiro atoms. The highest BCUT2D eigenvalue weighted by Gasteiger charge is 2.53. The Bertz CT molecular complexity index is 787. The van der Waals surface area contributed by atoms with Gasteiger partial charge in [0.05, 0.1) is 5.04 Å². The number of hydrogen-bond donors (Lipinski definition) is 0. The van der Waals surface area contributed by atoms with E-state index >= 15 is 0 Å². The standard InChI is InChI=1S/C27H32OSi/c1-29(2,28-26-21-13-6-14-22-26)27(23-15-7-3-8-16-23,24-17-9-4-10-18-24)25-19-11-5-12-20-25/h3-5,7-12,15-20,26H,6,13-14,21-22H2,1-2H3. The van der Waals surface area contributed by atoms with Crippen LogP contribution in [-0.4, -0.2) is 14.4 Å². The van der Waals surface area contributed by atoms with Gasteiger partial charge in [0.25, 0.3) is 0 Å². The van der Waals surface area contributed by atoms with Gasteiger partial charge in [-0.05, 0) is 42.6 Å². The molecule has 1 aliphatic carbocycles. The van der Waals surface area contributed by atoms with E-state index in [0.717, 1.165) is 0 Å². The second-order valence-electron chi connectivity index (χ2n) is 8.74. The van der Waals surface area contributed by atoms with Gasteiger partial charge in [-0.2, -0.15) is 0 Å². The van der Waals surface area contributed by atoms with Crippen LogP contribution in [-0.2, 0) is 9.46 Å². The van der Waals surface area contributed by atoms with Gasteiger partial charge in [-0.1, -0.05) is 110 Å². The molecule has 0 atom stereocenters. The second-order valence-corrected chi connectivity index (χ2v) is 12.7. The van der Waals surface area contributed by atoms with E-state index in [4.69, 9.17) is 4.43 Å². The molecule has 0 saturated heterocycles. The summed E-state index contributed by atoms with van der Waals surface area (Å²) in [4.78, 5) is 0. The Morgan fingerprint density at radius 1 is 0.621 bits per heavy atom. The fraction of sp³-hybridized carbons (Fsp3) is 0.333. The molecule has 4 rings (SSSR count). The minimum Gasteiger partial charge on any atom is -0.413 e. The van der Waals surface area contributed by atoms with Crippen LogP contribution in [0.15, 0.2) is 91.0 Å². The van der Waals surface area contributed by atoms with Crippen LogP contribution in [0.3, 0.4) is 0 Å². The highest BCUT2D eigenvalue weighted by molar-refractivity contribution is 6.76. The Kier molecular flexibility index (Phi) is 6.03. The maximum atomic E-state index is 7.15. The summed E-state index contributed by atoms with van der Waals surface area (Å²) in [6.45, 7) is 4.85. The third-order valence-electron chi connectivity index (χ3n) is 6.54. The molecule has 0 unspecified atom stereocenters. The maximum Gasteiger partial charge on any atom is 0.206 e. The average Bonchev–Trinajstić information content (AvgIpc) is 2.77. The summed E-state index contributed by atoms with van der Waals surface area (Å²) < 4.78 is 7.15. The van der Waals surface area contributed by atoms with E-state index < -0.39 is 8.32 Å². The Morgan fingerprint density at radius 2 is 1.00 bits per heavy atom. The van der Waals surface area contributed by atoms with E-state index in [2.05, 4.69) is 104 Å². The van der Waals surface area contributed by atoms with Crippen molar-refractivity contribution >= 4 is 8.32 Å². The summed E-state index contributed by atoms with van der Waals surface area (Å²) in [5.74, 6) is 0. The quantitative estimate of drug-likeness (QED) is 0.316. The first-order valence-electron chi connectivity index (χ1n) is 11.0. The summed E-state index contributed by atoms with van der Waals surface area (Å²) >= 11 is 0. The summed E-state index contributed by atoms with van der Waals surface area (Å²) in [5.41, 5.74) is 4.01. The maximum absolute atomic E-state index is 7.15. The molecular weight excluding hydrogens is 368 g/mol. The Morgan fingerprint density at radius 3 is 1.38 bits per heavy atom. The van der Waals surface area contributed by atoms with Crippen LogP contribution in [0.25, 0.3) is 0 Å². The van der Waals surface area contributed by atoms with Crippen LogP contribution >= 0.6 is 0 Å². The first-order valence-corrected chi connectivity index (χ1v) is 13.9. The Balaban J connectivity index is 1.94. The third-order valence-corrected chi connectivity index (χ3v) is 10.1. The van der Waals surface area contributed by atoms with Gasteiger partial charge < -0.3 is 4.43 Å². The summed E-state index contributed by atoms with van der Waals surface area (Å²) in [6, 6.07) is 33.1. The van der Waals surface area contributed by atoms with Crippen molar-refractivity contribution in [3.8, 4) is 0 Å². The highest BCUT2D eigenvalue weighted by Crippen LogP contribution is 2.47. The van der Waals surface area contributed by atoms with Crippen LogP contribution in [0, 0.1) is 0 Å². The number of rotatable bonds is 6. The molecule has 3 aromatic carbocycles. The van der Waals surface area contributed by atoms with Crippen molar-refractivity contribution in [2.45, 2.75) is 56.3 Å². The van der Waals surface area contributed by atoms with Crippen molar-refractivity contribution in [2.24, 2.45) is 0 Å². The van der Waals surface area contributed by atoms with Crippen LogP contribution in [0.5, 0.6) is 0 Å². The number of benzene rings is 3. The van der Waals surface area contributed by atoms with Crippen LogP contribution in [0.4, 0.5) is 0 Å². The molecule has 0 aliphatic heterocycles. The van der Waals surface area contributed by atoms with Crippen LogP contribution in [0.2, 0.25) is 13.1 Å². The molecule has 1 saturated carbocycles. The smallest absolute Gasteiger partial charge is 0.206 e. The average molecular weight is 401 g/mol. The molecule has 0 heterocycles. The lowest BCUT2D eigenvalue weighted by Gasteiger charge is -2.48. The minimum atomic E-state index is -2.29. The van der Waals surface area contributed by atoms with Gasteiger partial charge in [-0.3, -0.25) is 0 Å². The van der Waals surface area contributed by atoms with Crippen molar-refractivity contribution in [2.75, 3.05) is 0 Å². The first-order chi connectivity index (χ1) is 14.1. The minimum absolute atomic E-state index is 0.256. The van der Waals surface area contributed by atoms with E-state index in [0.29, 0.717) is 6.10 Å². The van der Waals surface area contributed by atoms with Gasteiger partial charge in [0, 0.05) is 6.10 Å². The van der Waals surface area contributed by atoms with E-state index in [-0.39, 0.29) is 5.04 Å². The zero-order valence-electron chi connectivity index (χ0n) is 17.7. The number of hydrogen-bond acceptors (Lipinski definition) is 1. The fourth-order valence-electron chi connectivity index (χ4n) is 5.30. The van der Waals surface area contributed by atoms with Gasteiger partial charge in [-0.25, -0.2) is 0 Å². The van der Waals surface area contributed by atoms with Crippen molar-refractivity contribution in [1.82, 2.24) is 0 Å². The van der Waals surface area contributed by atoms with Gasteiger partial charge in [0.15, 0.2) is 0 Å². The highest BCUT2D eigenvalue weighted by atomic mass is 28.4. The van der Waals surface area contributed by atoms with Crippen molar-refractivity contribution in [1.29, 1.82) is 0 Å². The molecule has 0 N–H and O–H groups in total. The fourth-order valence-corrected chi connectivity index (χ4v) is 9.13. The molecule has 0 amide bonds. The Labute approximate surface area is 176 Å². The molecular formula is C27H32OSi. The molecule has 150 valence electrons. The first kappa shape index (κ1) is 20.1. The predicted octanol–water partition coefficient (Wildman–Crippen LogP) is 7.11. The SMILES string of the molecule is C[Si](C)(OC1CCCCC1)C(c1ccccc1)(c1ccccc1)c1ccccc1. The van der Waals surface area contributed by atoms with Crippen molar-refractivity contribution in [3.63, 3.8) is 0 Å². The van der Waals surface area contributed by atoms with Crippen molar-refractivity contribution in [3.05, 3.63) is 108 Å². The Hall–Kier alpha value is -2.16. The van der Waals surface area contributed by atoms with Gasteiger partial charge in [-0.15, -0.1) is 0 Å². The monoisotopic (exact) mass is 400 g/mol. The van der Waals surface area contributed by atoms with E-state index in [1.165, 1.54) is 48.8 Å². The lowest BCUT2D eigenvalue weighted by molar-refractivity contribution is 0.140. The van der Waals surface area contributed by atoms with Crippen molar-refractivity contribution < 1.29 is 4.43 Å². The van der Waals surface area contributed by atoms with E-state index in [1.54, 1.807) is 0 Å². The van der Waals surface area contributed by atoms with Crippen LogP contribution < -0.4 is 0 Å². The molecule has 0 aromatic heterocycles. The normalized spacial score (nSPS) is 15.9. The molecule has 1 fully saturated rings. The largest absolute Gasteiger partial charge is 0.413 e. The summed E-state index contributed by atoms with van der Waals surface area (Å²) in [5, 5.41) is -0.256. The molecule has 1 nitrogen and oxygen atoms in total. The lowest BCUT2D eigenvalue weighted by atomic mass is 9.84. The van der Waals surface area contributed by atoms with Gasteiger partial charge in [0.2, 0.25) is 8.32 Å². The zero-order chi connectivity index (χ0) is 20.2. The molecule has 2 heteroatoms. The zero-order valence-corrected chi connectivity index (χ0v) is 18.7.